The minimum Gasteiger partial charge on any atom is -0.323 e. The normalized spacial score (nSPS) is 10.2. The van der Waals surface area contributed by atoms with E-state index in [4.69, 9.17) is 0 Å². The van der Waals surface area contributed by atoms with E-state index in [9.17, 15) is 0 Å². The van der Waals surface area contributed by atoms with Crippen molar-refractivity contribution < 1.29 is 0 Å². The first-order chi connectivity index (χ1) is 13.2. The summed E-state index contributed by atoms with van der Waals surface area (Å²) < 4.78 is 0. The fourth-order valence-corrected chi connectivity index (χ4v) is 3.93. The maximum Gasteiger partial charge on any atom is 0.116 e. The molecule has 142 valence electrons. The summed E-state index contributed by atoms with van der Waals surface area (Å²) in [5.41, 5.74) is 4.20. The van der Waals surface area contributed by atoms with Crippen molar-refractivity contribution in [3.05, 3.63) is 60.9 Å². The highest BCUT2D eigenvalue weighted by atomic mass is 32.2. The monoisotopic (exact) mass is 397 g/mol. The molecule has 0 bridgehead atoms. The van der Waals surface area contributed by atoms with Gasteiger partial charge in [-0.05, 0) is 55.9 Å². The molecule has 0 unspecified atom stereocenters. The molecule has 1 heterocycles. The van der Waals surface area contributed by atoms with Crippen LogP contribution in [0.4, 0.5) is 0 Å². The van der Waals surface area contributed by atoms with Crippen molar-refractivity contribution in [2.75, 3.05) is 25.6 Å². The number of nitrogens with one attached hydrogen (secondary N) is 1. The standard InChI is InChI=1S/C20H20N2S2.C2H7N/c1-3-23-17-9-5-7-15(11-17)19-13-20(22-14-21-19)16-8-6-10-18(12-16)24-4-2;1-3-2/h5-14H,3-4H2,1-2H3;3H,1-2H3. The SMILES string of the molecule is CCSc1cccc(-c2cc(-c3cccc(SCC)c3)ncn2)c1.CNC. The van der Waals surface area contributed by atoms with Crippen molar-refractivity contribution in [2.45, 2.75) is 23.6 Å². The molecule has 0 radical (unpaired) electrons. The molecule has 3 nitrogen and oxygen atoms in total. The van der Waals surface area contributed by atoms with E-state index >= 15 is 0 Å². The lowest BCUT2D eigenvalue weighted by Crippen LogP contribution is -1.90. The van der Waals surface area contributed by atoms with E-state index in [2.05, 4.69) is 83.7 Å². The number of hydrogen-bond donors (Lipinski definition) is 1. The van der Waals surface area contributed by atoms with Gasteiger partial charge in [0.15, 0.2) is 0 Å². The Morgan fingerprint density at radius 2 is 1.19 bits per heavy atom. The van der Waals surface area contributed by atoms with E-state index in [1.807, 2.05) is 37.6 Å². The molecule has 0 aliphatic heterocycles. The van der Waals surface area contributed by atoms with Gasteiger partial charge in [-0.1, -0.05) is 38.1 Å². The molecule has 0 saturated heterocycles. The topological polar surface area (TPSA) is 37.8 Å². The Bertz CT molecular complexity index is 772. The van der Waals surface area contributed by atoms with Crippen molar-refractivity contribution in [2.24, 2.45) is 0 Å². The summed E-state index contributed by atoms with van der Waals surface area (Å²) in [6, 6.07) is 19.2. The van der Waals surface area contributed by atoms with Gasteiger partial charge in [0.05, 0.1) is 11.4 Å². The van der Waals surface area contributed by atoms with Crippen LogP contribution in [0.1, 0.15) is 13.8 Å². The Hall–Kier alpha value is -1.82. The summed E-state index contributed by atoms with van der Waals surface area (Å²) in [4.78, 5) is 11.5. The molecule has 3 rings (SSSR count). The predicted molar refractivity (Wildman–Crippen MR) is 121 cm³/mol. The van der Waals surface area contributed by atoms with Gasteiger partial charge in [0.25, 0.3) is 0 Å². The van der Waals surface area contributed by atoms with Crippen LogP contribution in [0.3, 0.4) is 0 Å². The number of rotatable bonds is 6. The number of aromatic nitrogens is 2. The van der Waals surface area contributed by atoms with Gasteiger partial charge in [0.1, 0.15) is 6.33 Å². The van der Waals surface area contributed by atoms with Crippen LogP contribution >= 0.6 is 23.5 Å². The smallest absolute Gasteiger partial charge is 0.116 e. The second-order valence-corrected chi connectivity index (χ2v) is 8.39. The van der Waals surface area contributed by atoms with Crippen LogP contribution in [0, 0.1) is 0 Å². The van der Waals surface area contributed by atoms with E-state index in [0.717, 1.165) is 34.0 Å². The summed E-state index contributed by atoms with van der Waals surface area (Å²) in [5.74, 6) is 2.14. The molecule has 0 amide bonds. The van der Waals surface area contributed by atoms with Crippen LogP contribution in [0.5, 0.6) is 0 Å². The molecule has 27 heavy (non-hydrogen) atoms. The number of hydrogen-bond acceptors (Lipinski definition) is 5. The van der Waals surface area contributed by atoms with Crippen LogP contribution in [-0.4, -0.2) is 35.6 Å². The lowest BCUT2D eigenvalue weighted by Gasteiger charge is -2.07. The van der Waals surface area contributed by atoms with Gasteiger partial charge in [-0.2, -0.15) is 0 Å². The van der Waals surface area contributed by atoms with Crippen molar-refractivity contribution in [3.63, 3.8) is 0 Å². The highest BCUT2D eigenvalue weighted by molar-refractivity contribution is 7.99. The summed E-state index contributed by atoms with van der Waals surface area (Å²) in [5, 5.41) is 2.75. The molecule has 0 aliphatic carbocycles. The largest absolute Gasteiger partial charge is 0.323 e. The zero-order chi connectivity index (χ0) is 19.5. The van der Waals surface area contributed by atoms with Gasteiger partial charge in [0, 0.05) is 20.9 Å². The third kappa shape index (κ3) is 6.69. The quantitative estimate of drug-likeness (QED) is 0.527. The van der Waals surface area contributed by atoms with E-state index in [-0.39, 0.29) is 0 Å². The first-order valence-corrected chi connectivity index (χ1v) is 11.1. The Morgan fingerprint density at radius 3 is 1.59 bits per heavy atom. The van der Waals surface area contributed by atoms with Crippen molar-refractivity contribution in [1.29, 1.82) is 0 Å². The molecule has 0 atom stereocenters. The minimum atomic E-state index is 0.965. The summed E-state index contributed by atoms with van der Waals surface area (Å²) in [6.07, 6.45) is 1.66. The lowest BCUT2D eigenvalue weighted by atomic mass is 10.1. The molecular formula is C22H27N3S2. The van der Waals surface area contributed by atoms with Crippen LogP contribution in [0.15, 0.2) is 70.7 Å². The second kappa shape index (κ2) is 11.8. The van der Waals surface area contributed by atoms with E-state index in [0.29, 0.717) is 0 Å². The van der Waals surface area contributed by atoms with Crippen molar-refractivity contribution in [1.82, 2.24) is 15.3 Å². The third-order valence-corrected chi connectivity index (χ3v) is 5.30. The molecule has 3 aromatic rings. The van der Waals surface area contributed by atoms with E-state index in [1.54, 1.807) is 6.33 Å². The van der Waals surface area contributed by atoms with Crippen molar-refractivity contribution >= 4 is 23.5 Å². The van der Waals surface area contributed by atoms with Gasteiger partial charge >= 0.3 is 0 Å². The second-order valence-electron chi connectivity index (χ2n) is 5.71. The molecule has 0 saturated carbocycles. The molecular weight excluding hydrogens is 370 g/mol. The molecule has 1 aromatic heterocycles. The first kappa shape index (κ1) is 21.5. The summed E-state index contributed by atoms with van der Waals surface area (Å²) >= 11 is 3.69. The van der Waals surface area contributed by atoms with Gasteiger partial charge in [-0.3, -0.25) is 0 Å². The van der Waals surface area contributed by atoms with Gasteiger partial charge in [0.2, 0.25) is 0 Å². The zero-order valence-electron chi connectivity index (χ0n) is 16.4. The van der Waals surface area contributed by atoms with Crippen LogP contribution in [0.25, 0.3) is 22.5 Å². The fourth-order valence-electron chi connectivity index (χ4n) is 2.50. The average molecular weight is 398 g/mol. The molecule has 1 N–H and O–H groups in total. The molecule has 5 heteroatoms. The Morgan fingerprint density at radius 1 is 0.741 bits per heavy atom. The Labute approximate surface area is 171 Å². The summed E-state index contributed by atoms with van der Waals surface area (Å²) in [6.45, 7) is 4.34. The zero-order valence-corrected chi connectivity index (χ0v) is 18.0. The number of thioether (sulfide) groups is 2. The highest BCUT2D eigenvalue weighted by Crippen LogP contribution is 2.28. The van der Waals surface area contributed by atoms with Gasteiger partial charge < -0.3 is 5.32 Å². The fraction of sp³-hybridized carbons (Fsp3) is 0.273. The summed E-state index contributed by atoms with van der Waals surface area (Å²) in [7, 11) is 3.75. The molecule has 0 aliphatic rings. The molecule has 2 aromatic carbocycles. The maximum absolute atomic E-state index is 4.47. The molecule has 0 fully saturated rings. The van der Waals surface area contributed by atoms with E-state index < -0.39 is 0 Å². The predicted octanol–water partition coefficient (Wildman–Crippen LogP) is 5.87. The minimum absolute atomic E-state index is 0.965. The third-order valence-electron chi connectivity index (χ3n) is 3.55. The highest BCUT2D eigenvalue weighted by Gasteiger charge is 2.06. The molecule has 0 spiro atoms. The Kier molecular flexibility index (Phi) is 9.39. The number of nitrogens with zero attached hydrogens (tertiary/aromatic N) is 2. The van der Waals surface area contributed by atoms with Gasteiger partial charge in [-0.15, -0.1) is 23.5 Å². The first-order valence-electron chi connectivity index (χ1n) is 9.08. The van der Waals surface area contributed by atoms with Crippen LogP contribution < -0.4 is 5.32 Å². The lowest BCUT2D eigenvalue weighted by molar-refractivity contribution is 1.02. The Balaban J connectivity index is 0.000000817. The van der Waals surface area contributed by atoms with Gasteiger partial charge in [-0.25, -0.2) is 9.97 Å². The number of benzene rings is 2. The van der Waals surface area contributed by atoms with Crippen molar-refractivity contribution in [3.8, 4) is 22.5 Å². The van der Waals surface area contributed by atoms with Crippen LogP contribution in [0.2, 0.25) is 0 Å². The maximum atomic E-state index is 4.47. The van der Waals surface area contributed by atoms with E-state index in [1.165, 1.54) is 9.79 Å². The average Bonchev–Trinajstić information content (AvgIpc) is 2.70. The van der Waals surface area contributed by atoms with Crippen LogP contribution in [-0.2, 0) is 0 Å².